The van der Waals surface area contributed by atoms with E-state index in [0.717, 1.165) is 11.4 Å². The van der Waals surface area contributed by atoms with Gasteiger partial charge in [-0.15, -0.1) is 0 Å². The number of anilines is 1. The molecule has 0 bridgehead atoms. The molecule has 1 rings (SSSR count). The first kappa shape index (κ1) is 20.8. The molecule has 1 amide bonds. The number of hydrogen-bond acceptors (Lipinski definition) is 2. The molecule has 1 N–H and O–H groups in total. The lowest BCUT2D eigenvalue weighted by Crippen LogP contribution is -2.50. The predicted octanol–water partition coefficient (Wildman–Crippen LogP) is 6.23. The average molecular weight is 350 g/mol. The Hall–Kier alpha value is -1.29. The Kier molecular flexibility index (Phi) is 6.68. The Balaban J connectivity index is 3.25. The van der Waals surface area contributed by atoms with Crippen molar-refractivity contribution in [2.24, 2.45) is 5.41 Å². The van der Waals surface area contributed by atoms with Gasteiger partial charge in [-0.25, -0.2) is 0 Å². The van der Waals surface area contributed by atoms with Crippen molar-refractivity contribution in [3.05, 3.63) is 24.3 Å². The van der Waals surface area contributed by atoms with Crippen molar-refractivity contribution in [2.75, 3.05) is 5.32 Å². The third kappa shape index (κ3) is 4.41. The third-order valence-corrected chi connectivity index (χ3v) is 10.8. The molecule has 0 spiro atoms. The summed E-state index contributed by atoms with van der Waals surface area (Å²) in [6.45, 7) is 19.4. The third-order valence-electron chi connectivity index (χ3n) is 4.81. The number of benzene rings is 1. The highest BCUT2D eigenvalue weighted by molar-refractivity contribution is 6.78. The minimum absolute atomic E-state index is 0.00413. The molecular weight excluding hydrogens is 314 g/mol. The van der Waals surface area contributed by atoms with Crippen molar-refractivity contribution in [1.82, 2.24) is 0 Å². The summed E-state index contributed by atoms with van der Waals surface area (Å²) in [6.07, 6.45) is 0. The lowest BCUT2D eigenvalue weighted by atomic mass is 9.95. The summed E-state index contributed by atoms with van der Waals surface area (Å²) in [6, 6.07) is 7.82. The largest absolute Gasteiger partial charge is 0.541 e. The highest BCUT2D eigenvalue weighted by Crippen LogP contribution is 2.44. The van der Waals surface area contributed by atoms with Crippen LogP contribution in [-0.2, 0) is 4.79 Å². The monoisotopic (exact) mass is 349 g/mol. The molecular formula is C20H35NO2Si. The predicted molar refractivity (Wildman–Crippen MR) is 106 cm³/mol. The minimum Gasteiger partial charge on any atom is -0.541 e. The van der Waals surface area contributed by atoms with Gasteiger partial charge in [-0.2, -0.15) is 0 Å². The van der Waals surface area contributed by atoms with E-state index in [1.54, 1.807) is 0 Å². The molecule has 0 saturated heterocycles. The summed E-state index contributed by atoms with van der Waals surface area (Å²) in [4.78, 5) is 12.4. The highest BCUT2D eigenvalue weighted by Gasteiger charge is 2.47. The summed E-state index contributed by atoms with van der Waals surface area (Å²) >= 11 is 0. The summed E-state index contributed by atoms with van der Waals surface area (Å²) in [5.41, 5.74) is 1.81. The van der Waals surface area contributed by atoms with Crippen LogP contribution in [0.1, 0.15) is 62.3 Å². The molecule has 24 heavy (non-hydrogen) atoms. The Morgan fingerprint density at radius 2 is 1.42 bits per heavy atom. The smallest absolute Gasteiger partial charge is 0.258 e. The summed E-state index contributed by atoms with van der Waals surface area (Å²) < 4.78 is 6.76. The Morgan fingerprint density at radius 1 is 0.958 bits per heavy atom. The number of carbonyl (C=O) groups excluding carboxylic acids is 1. The Morgan fingerprint density at radius 3 is 1.83 bits per heavy atom. The second-order valence-electron chi connectivity index (χ2n) is 8.62. The lowest BCUT2D eigenvalue weighted by molar-refractivity contribution is -0.123. The molecule has 1 aromatic carbocycles. The molecule has 0 aromatic heterocycles. The van der Waals surface area contributed by atoms with Gasteiger partial charge in [0.2, 0.25) is 5.91 Å². The molecule has 0 aliphatic carbocycles. The maximum Gasteiger partial charge on any atom is 0.258 e. The topological polar surface area (TPSA) is 38.3 Å². The quantitative estimate of drug-likeness (QED) is 0.619. The van der Waals surface area contributed by atoms with E-state index in [4.69, 9.17) is 4.43 Å². The highest BCUT2D eigenvalue weighted by atomic mass is 28.4. The zero-order valence-electron chi connectivity index (χ0n) is 16.9. The fraction of sp³-hybridized carbons (Fsp3) is 0.650. The van der Waals surface area contributed by atoms with Crippen molar-refractivity contribution in [1.29, 1.82) is 0 Å². The van der Waals surface area contributed by atoms with Crippen LogP contribution in [0.2, 0.25) is 16.6 Å². The SMILES string of the molecule is CC(C)[Si](Oc1ccccc1NC(=O)C(C)(C)C)(C(C)C)C(C)C. The normalized spacial score (nSPS) is 12.8. The zero-order valence-corrected chi connectivity index (χ0v) is 17.9. The van der Waals surface area contributed by atoms with Gasteiger partial charge in [-0.05, 0) is 28.8 Å². The van der Waals surface area contributed by atoms with Gasteiger partial charge >= 0.3 is 0 Å². The zero-order chi connectivity index (χ0) is 18.7. The van der Waals surface area contributed by atoms with Crippen LogP contribution in [0.4, 0.5) is 5.69 Å². The molecule has 1 aromatic rings. The number of carbonyl (C=O) groups is 1. The molecule has 0 fully saturated rings. The molecule has 0 aliphatic rings. The van der Waals surface area contributed by atoms with Crippen LogP contribution in [0, 0.1) is 5.41 Å². The van der Waals surface area contributed by atoms with Gasteiger partial charge in [-0.3, -0.25) is 4.79 Å². The van der Waals surface area contributed by atoms with Crippen LogP contribution in [0.25, 0.3) is 0 Å². The standard InChI is InChI=1S/C20H35NO2Si/c1-14(2)24(15(3)4,16(5)6)23-18-13-11-10-12-17(18)21-19(22)20(7,8)9/h10-16H,1-9H3,(H,21,22). The molecule has 0 radical (unpaired) electrons. The van der Waals surface area contributed by atoms with Gasteiger partial charge in [0.25, 0.3) is 8.32 Å². The molecule has 0 heterocycles. The first-order chi connectivity index (χ1) is 10.9. The van der Waals surface area contributed by atoms with E-state index < -0.39 is 13.7 Å². The fourth-order valence-corrected chi connectivity index (χ4v) is 8.78. The van der Waals surface area contributed by atoms with Crippen LogP contribution in [0.5, 0.6) is 5.75 Å². The maximum absolute atomic E-state index is 12.4. The van der Waals surface area contributed by atoms with Crippen molar-refractivity contribution in [3.63, 3.8) is 0 Å². The van der Waals surface area contributed by atoms with Crippen molar-refractivity contribution < 1.29 is 9.22 Å². The summed E-state index contributed by atoms with van der Waals surface area (Å²) in [7, 11) is -2.05. The molecule has 0 unspecified atom stereocenters. The van der Waals surface area contributed by atoms with Crippen molar-refractivity contribution in [2.45, 2.75) is 78.9 Å². The molecule has 3 nitrogen and oxygen atoms in total. The average Bonchev–Trinajstić information content (AvgIpc) is 2.43. The van der Waals surface area contributed by atoms with Gasteiger partial charge in [0.05, 0.1) is 5.69 Å². The van der Waals surface area contributed by atoms with E-state index in [1.807, 2.05) is 45.0 Å². The van der Waals surface area contributed by atoms with E-state index in [0.29, 0.717) is 16.6 Å². The van der Waals surface area contributed by atoms with Gasteiger partial charge < -0.3 is 9.74 Å². The molecule has 136 valence electrons. The second-order valence-corrected chi connectivity index (χ2v) is 14.0. The molecule has 0 saturated carbocycles. The van der Waals surface area contributed by atoms with Crippen LogP contribution >= 0.6 is 0 Å². The molecule has 0 aliphatic heterocycles. The van der Waals surface area contributed by atoms with Crippen molar-refractivity contribution >= 4 is 19.9 Å². The van der Waals surface area contributed by atoms with Gasteiger partial charge in [0.1, 0.15) is 5.75 Å². The Labute approximate surface area is 149 Å². The molecule has 4 heteroatoms. The van der Waals surface area contributed by atoms with Gasteiger partial charge in [-0.1, -0.05) is 74.4 Å². The maximum atomic E-state index is 12.4. The van der Waals surface area contributed by atoms with E-state index in [-0.39, 0.29) is 5.91 Å². The number of hydrogen-bond donors (Lipinski definition) is 1. The van der Waals surface area contributed by atoms with E-state index in [1.165, 1.54) is 0 Å². The number of nitrogens with one attached hydrogen (secondary N) is 1. The second kappa shape index (κ2) is 7.73. The van der Waals surface area contributed by atoms with Crippen LogP contribution < -0.4 is 9.74 Å². The first-order valence-corrected chi connectivity index (χ1v) is 11.2. The first-order valence-electron chi connectivity index (χ1n) is 9.02. The number of amides is 1. The van der Waals surface area contributed by atoms with Gasteiger partial charge in [0, 0.05) is 5.41 Å². The van der Waals surface area contributed by atoms with Crippen LogP contribution in [0.15, 0.2) is 24.3 Å². The van der Waals surface area contributed by atoms with E-state index in [9.17, 15) is 4.79 Å². The van der Waals surface area contributed by atoms with Crippen molar-refractivity contribution in [3.8, 4) is 5.75 Å². The number of rotatable bonds is 6. The number of para-hydroxylation sites is 2. The van der Waals surface area contributed by atoms with E-state index in [2.05, 4.69) is 46.9 Å². The minimum atomic E-state index is -2.05. The fourth-order valence-electron chi connectivity index (χ4n) is 3.51. The Bertz CT molecular complexity index is 537. The van der Waals surface area contributed by atoms with E-state index >= 15 is 0 Å². The van der Waals surface area contributed by atoms with Crippen LogP contribution in [-0.4, -0.2) is 14.2 Å². The van der Waals surface area contributed by atoms with Gasteiger partial charge in [0.15, 0.2) is 0 Å². The lowest BCUT2D eigenvalue weighted by Gasteiger charge is -2.42. The van der Waals surface area contributed by atoms with Crippen LogP contribution in [0.3, 0.4) is 0 Å². The molecule has 0 atom stereocenters. The summed E-state index contributed by atoms with van der Waals surface area (Å²) in [5, 5.41) is 3.05. The summed E-state index contributed by atoms with van der Waals surface area (Å²) in [5.74, 6) is 0.808.